The highest BCUT2D eigenvalue weighted by Crippen LogP contribution is 2.29. The Morgan fingerprint density at radius 3 is 2.27 bits per heavy atom. The second-order valence-electron chi connectivity index (χ2n) is 8.01. The van der Waals surface area contributed by atoms with Crippen LogP contribution in [0.3, 0.4) is 0 Å². The van der Waals surface area contributed by atoms with Gasteiger partial charge in [0.2, 0.25) is 5.91 Å². The zero-order valence-electron chi connectivity index (χ0n) is 18.3. The van der Waals surface area contributed by atoms with Gasteiger partial charge in [0.15, 0.2) is 6.61 Å². The molecule has 1 aliphatic carbocycles. The van der Waals surface area contributed by atoms with Crippen LogP contribution in [0.15, 0.2) is 48.5 Å². The highest BCUT2D eigenvalue weighted by Gasteiger charge is 2.33. The molecule has 172 valence electrons. The van der Waals surface area contributed by atoms with Crippen molar-refractivity contribution in [1.29, 1.82) is 0 Å². The van der Waals surface area contributed by atoms with Crippen LogP contribution >= 0.6 is 0 Å². The summed E-state index contributed by atoms with van der Waals surface area (Å²) in [4.78, 5) is 51.3. The van der Waals surface area contributed by atoms with E-state index < -0.39 is 12.0 Å². The SMILES string of the molecule is COc1ccc(CN(C(=O)COC(=O)c2ccc(CN3C(=O)CNC3=O)cc2)C2CC2)cc1. The van der Waals surface area contributed by atoms with E-state index in [0.29, 0.717) is 12.1 Å². The molecule has 1 saturated heterocycles. The van der Waals surface area contributed by atoms with Gasteiger partial charge in [-0.05, 0) is 48.2 Å². The Morgan fingerprint density at radius 2 is 1.70 bits per heavy atom. The Morgan fingerprint density at radius 1 is 1.03 bits per heavy atom. The molecule has 1 aliphatic heterocycles. The van der Waals surface area contributed by atoms with E-state index in [1.165, 1.54) is 0 Å². The molecule has 1 N–H and O–H groups in total. The first-order chi connectivity index (χ1) is 15.9. The average Bonchev–Trinajstić information content (AvgIpc) is 3.63. The zero-order chi connectivity index (χ0) is 23.4. The van der Waals surface area contributed by atoms with Crippen molar-refractivity contribution in [1.82, 2.24) is 15.1 Å². The van der Waals surface area contributed by atoms with Gasteiger partial charge in [0.25, 0.3) is 5.91 Å². The Labute approximate surface area is 191 Å². The Bertz CT molecular complexity index is 1030. The fraction of sp³-hybridized carbons (Fsp3) is 0.333. The van der Waals surface area contributed by atoms with Gasteiger partial charge in [-0.25, -0.2) is 9.59 Å². The molecule has 1 saturated carbocycles. The van der Waals surface area contributed by atoms with Crippen LogP contribution in [0.2, 0.25) is 0 Å². The summed E-state index contributed by atoms with van der Waals surface area (Å²) < 4.78 is 10.4. The van der Waals surface area contributed by atoms with Gasteiger partial charge in [-0.3, -0.25) is 14.5 Å². The first kappa shape index (κ1) is 22.3. The summed E-state index contributed by atoms with van der Waals surface area (Å²) in [6, 6.07) is 13.7. The topological polar surface area (TPSA) is 105 Å². The van der Waals surface area contributed by atoms with Crippen molar-refractivity contribution >= 4 is 23.8 Å². The lowest BCUT2D eigenvalue weighted by atomic mass is 10.1. The van der Waals surface area contributed by atoms with Gasteiger partial charge in [-0.2, -0.15) is 0 Å². The van der Waals surface area contributed by atoms with Gasteiger partial charge < -0.3 is 19.7 Å². The molecule has 2 fully saturated rings. The van der Waals surface area contributed by atoms with E-state index in [-0.39, 0.29) is 43.1 Å². The summed E-state index contributed by atoms with van der Waals surface area (Å²) in [6.07, 6.45) is 1.88. The third kappa shape index (κ3) is 5.49. The lowest BCUT2D eigenvalue weighted by Gasteiger charge is -2.22. The number of amides is 4. The molecule has 0 atom stereocenters. The van der Waals surface area contributed by atoms with Crippen LogP contribution in [0.1, 0.15) is 34.3 Å². The van der Waals surface area contributed by atoms with Crippen LogP contribution in [0, 0.1) is 0 Å². The second-order valence-corrected chi connectivity index (χ2v) is 8.01. The highest BCUT2D eigenvalue weighted by atomic mass is 16.5. The number of nitrogens with zero attached hydrogens (tertiary/aromatic N) is 2. The van der Waals surface area contributed by atoms with Gasteiger partial charge in [0.1, 0.15) is 5.75 Å². The predicted molar refractivity (Wildman–Crippen MR) is 117 cm³/mol. The van der Waals surface area contributed by atoms with Crippen molar-refractivity contribution in [3.8, 4) is 5.75 Å². The van der Waals surface area contributed by atoms with Crippen molar-refractivity contribution in [3.63, 3.8) is 0 Å². The molecule has 2 aromatic carbocycles. The standard InChI is InChI=1S/C24H25N3O6/c1-32-20-10-4-17(5-11-20)13-26(19-8-9-19)22(29)15-33-23(30)18-6-2-16(3-7-18)14-27-21(28)12-25-24(27)31/h2-7,10-11,19H,8-9,12-15H2,1H3,(H,25,31). The number of hydrogen-bond acceptors (Lipinski definition) is 6. The predicted octanol–water partition coefficient (Wildman–Crippen LogP) is 2.09. The van der Waals surface area contributed by atoms with E-state index in [1.807, 2.05) is 24.3 Å². The first-order valence-electron chi connectivity index (χ1n) is 10.7. The van der Waals surface area contributed by atoms with Crippen LogP contribution < -0.4 is 10.1 Å². The van der Waals surface area contributed by atoms with Crippen molar-refractivity contribution in [2.75, 3.05) is 20.3 Å². The van der Waals surface area contributed by atoms with E-state index in [9.17, 15) is 19.2 Å². The van der Waals surface area contributed by atoms with E-state index in [4.69, 9.17) is 9.47 Å². The van der Waals surface area contributed by atoms with E-state index in [2.05, 4.69) is 5.32 Å². The molecule has 0 unspecified atom stereocenters. The first-order valence-corrected chi connectivity index (χ1v) is 10.7. The molecule has 0 spiro atoms. The third-order valence-electron chi connectivity index (χ3n) is 5.61. The zero-order valence-corrected chi connectivity index (χ0v) is 18.3. The lowest BCUT2D eigenvalue weighted by Crippen LogP contribution is -2.36. The van der Waals surface area contributed by atoms with Crippen molar-refractivity contribution in [2.24, 2.45) is 0 Å². The van der Waals surface area contributed by atoms with Crippen molar-refractivity contribution < 1.29 is 28.7 Å². The molecule has 0 bridgehead atoms. The van der Waals surface area contributed by atoms with E-state index in [1.54, 1.807) is 36.3 Å². The molecule has 2 aliphatic rings. The molecular formula is C24H25N3O6. The number of carbonyl (C=O) groups is 4. The minimum absolute atomic E-state index is 0.00634. The minimum atomic E-state index is -0.606. The molecule has 1 heterocycles. The number of nitrogens with one attached hydrogen (secondary N) is 1. The lowest BCUT2D eigenvalue weighted by molar-refractivity contribution is -0.135. The molecule has 33 heavy (non-hydrogen) atoms. The highest BCUT2D eigenvalue weighted by molar-refractivity contribution is 6.01. The molecule has 2 aromatic rings. The number of rotatable bonds is 9. The quantitative estimate of drug-likeness (QED) is 0.462. The van der Waals surface area contributed by atoms with Gasteiger partial charge >= 0.3 is 12.0 Å². The number of carbonyl (C=O) groups excluding carboxylic acids is 4. The third-order valence-corrected chi connectivity index (χ3v) is 5.61. The molecular weight excluding hydrogens is 426 g/mol. The number of benzene rings is 2. The number of ether oxygens (including phenoxy) is 2. The summed E-state index contributed by atoms with van der Waals surface area (Å²) in [6.45, 7) is 0.228. The summed E-state index contributed by atoms with van der Waals surface area (Å²) in [7, 11) is 1.60. The van der Waals surface area contributed by atoms with Gasteiger partial charge in [-0.1, -0.05) is 24.3 Å². The van der Waals surface area contributed by atoms with Crippen LogP contribution in [-0.4, -0.2) is 59.9 Å². The number of imide groups is 1. The largest absolute Gasteiger partial charge is 0.497 e. The molecule has 4 rings (SSSR count). The number of methoxy groups -OCH3 is 1. The summed E-state index contributed by atoms with van der Waals surface area (Å²) in [5, 5.41) is 2.46. The van der Waals surface area contributed by atoms with E-state index >= 15 is 0 Å². The molecule has 0 radical (unpaired) electrons. The second kappa shape index (κ2) is 9.72. The number of hydrogen-bond donors (Lipinski definition) is 1. The number of urea groups is 1. The van der Waals surface area contributed by atoms with Gasteiger partial charge in [-0.15, -0.1) is 0 Å². The molecule has 9 nitrogen and oxygen atoms in total. The van der Waals surface area contributed by atoms with Gasteiger partial charge in [0.05, 0.1) is 25.8 Å². The minimum Gasteiger partial charge on any atom is -0.497 e. The molecule has 4 amide bonds. The van der Waals surface area contributed by atoms with Gasteiger partial charge in [0, 0.05) is 12.6 Å². The normalized spacial score (nSPS) is 15.2. The maximum atomic E-state index is 12.7. The van der Waals surface area contributed by atoms with Crippen LogP contribution in [-0.2, 0) is 27.4 Å². The number of esters is 1. The van der Waals surface area contributed by atoms with Crippen molar-refractivity contribution in [2.45, 2.75) is 32.0 Å². The Kier molecular flexibility index (Phi) is 6.58. The van der Waals surface area contributed by atoms with Crippen LogP contribution in [0.4, 0.5) is 4.79 Å². The molecule has 0 aromatic heterocycles. The maximum Gasteiger partial charge on any atom is 0.338 e. The van der Waals surface area contributed by atoms with Crippen LogP contribution in [0.5, 0.6) is 5.75 Å². The van der Waals surface area contributed by atoms with Crippen LogP contribution in [0.25, 0.3) is 0 Å². The molecule has 9 heteroatoms. The fourth-order valence-electron chi connectivity index (χ4n) is 3.57. The Hall–Kier alpha value is -3.88. The van der Waals surface area contributed by atoms with Crippen molar-refractivity contribution in [3.05, 3.63) is 65.2 Å². The Balaban J connectivity index is 1.30. The maximum absolute atomic E-state index is 12.7. The average molecular weight is 451 g/mol. The fourth-order valence-corrected chi connectivity index (χ4v) is 3.57. The van der Waals surface area contributed by atoms with E-state index in [0.717, 1.165) is 29.1 Å². The summed E-state index contributed by atoms with van der Waals surface area (Å²) in [5.41, 5.74) is 1.97. The monoisotopic (exact) mass is 451 g/mol. The summed E-state index contributed by atoms with van der Waals surface area (Å²) >= 11 is 0. The smallest absolute Gasteiger partial charge is 0.338 e. The summed E-state index contributed by atoms with van der Waals surface area (Å²) in [5.74, 6) is -0.392.